The number of nitrogens with zero attached hydrogens (tertiary/aromatic N) is 3. The Balaban J connectivity index is 1.99. The van der Waals surface area contributed by atoms with Gasteiger partial charge in [-0.2, -0.15) is 5.10 Å². The quantitative estimate of drug-likeness (QED) is 0.817. The summed E-state index contributed by atoms with van der Waals surface area (Å²) in [5.74, 6) is 0.670. The summed E-state index contributed by atoms with van der Waals surface area (Å²) >= 11 is 0. The van der Waals surface area contributed by atoms with Crippen molar-refractivity contribution < 1.29 is 9.18 Å². The molecule has 2 N–H and O–H groups in total. The Morgan fingerprint density at radius 2 is 2.12 bits per heavy atom. The third kappa shape index (κ3) is 4.61. The number of anilines is 1. The Morgan fingerprint density at radius 3 is 2.75 bits per heavy atom. The van der Waals surface area contributed by atoms with Gasteiger partial charge in [-0.05, 0) is 31.4 Å². The summed E-state index contributed by atoms with van der Waals surface area (Å²) < 4.78 is 15.2. The molecule has 1 aromatic carbocycles. The van der Waals surface area contributed by atoms with Gasteiger partial charge in [-0.3, -0.25) is 14.8 Å². The summed E-state index contributed by atoms with van der Waals surface area (Å²) in [7, 11) is 1.83. The maximum Gasteiger partial charge on any atom is 0.238 e. The molecule has 0 aliphatic rings. The molecule has 1 atom stereocenters. The maximum atomic E-state index is 13.5. The van der Waals surface area contributed by atoms with Crippen molar-refractivity contribution in [3.05, 3.63) is 41.7 Å². The summed E-state index contributed by atoms with van der Waals surface area (Å²) in [5.41, 5.74) is 0.916. The SMILES string of the molecule is Cc1c(F)cccc1NC(=O)CN[C@@H](CC(C)C)c1ncnn1C. The average Bonchev–Trinajstić information content (AvgIpc) is 2.94. The molecule has 0 aliphatic heterocycles. The van der Waals surface area contributed by atoms with Crippen LogP contribution in [0.5, 0.6) is 0 Å². The Kier molecular flexibility index (Phi) is 6.03. The van der Waals surface area contributed by atoms with Crippen molar-refractivity contribution >= 4 is 11.6 Å². The van der Waals surface area contributed by atoms with Gasteiger partial charge in [0.25, 0.3) is 0 Å². The summed E-state index contributed by atoms with van der Waals surface area (Å²) in [4.78, 5) is 16.4. The zero-order valence-corrected chi connectivity index (χ0v) is 14.5. The molecule has 0 saturated carbocycles. The molecule has 24 heavy (non-hydrogen) atoms. The molecule has 0 fully saturated rings. The van der Waals surface area contributed by atoms with Crippen LogP contribution in [0.15, 0.2) is 24.5 Å². The van der Waals surface area contributed by atoms with Gasteiger partial charge in [0.15, 0.2) is 0 Å². The van der Waals surface area contributed by atoms with Crippen molar-refractivity contribution in [2.24, 2.45) is 13.0 Å². The summed E-state index contributed by atoms with van der Waals surface area (Å²) in [6.07, 6.45) is 2.33. The Bertz CT molecular complexity index is 698. The minimum atomic E-state index is -0.336. The standard InChI is InChI=1S/C17H24FN5O/c1-11(2)8-15(17-20-10-21-23(17)4)19-9-16(24)22-14-7-5-6-13(18)12(14)3/h5-7,10-11,15,19H,8-9H2,1-4H3,(H,22,24)/t15-/m0/s1. The van der Waals surface area contributed by atoms with Crippen LogP contribution < -0.4 is 10.6 Å². The monoisotopic (exact) mass is 333 g/mol. The van der Waals surface area contributed by atoms with Gasteiger partial charge in [0, 0.05) is 18.3 Å². The van der Waals surface area contributed by atoms with Crippen molar-refractivity contribution in [3.63, 3.8) is 0 Å². The number of benzene rings is 1. The van der Waals surface area contributed by atoms with Crippen molar-refractivity contribution in [2.75, 3.05) is 11.9 Å². The normalized spacial score (nSPS) is 12.4. The first-order valence-electron chi connectivity index (χ1n) is 8.00. The molecule has 0 radical (unpaired) electrons. The number of nitrogens with one attached hydrogen (secondary N) is 2. The highest BCUT2D eigenvalue weighted by Gasteiger charge is 2.19. The van der Waals surface area contributed by atoms with E-state index in [-0.39, 0.29) is 24.3 Å². The third-order valence-corrected chi connectivity index (χ3v) is 3.82. The number of rotatable bonds is 7. The largest absolute Gasteiger partial charge is 0.325 e. The third-order valence-electron chi connectivity index (χ3n) is 3.82. The summed E-state index contributed by atoms with van der Waals surface area (Å²) in [5, 5.41) is 10.0. The van der Waals surface area contributed by atoms with Crippen molar-refractivity contribution in [2.45, 2.75) is 33.2 Å². The minimum absolute atomic E-state index is 0.0724. The number of hydrogen-bond acceptors (Lipinski definition) is 4. The molecule has 0 aliphatic carbocycles. The van der Waals surface area contributed by atoms with E-state index >= 15 is 0 Å². The lowest BCUT2D eigenvalue weighted by Crippen LogP contribution is -2.33. The predicted molar refractivity (Wildman–Crippen MR) is 91.0 cm³/mol. The minimum Gasteiger partial charge on any atom is -0.325 e. The van der Waals surface area contributed by atoms with Crippen LogP contribution in [0.1, 0.15) is 37.7 Å². The Labute approximate surface area is 141 Å². The highest BCUT2D eigenvalue weighted by molar-refractivity contribution is 5.92. The van der Waals surface area contributed by atoms with Crippen LogP contribution in [-0.4, -0.2) is 27.2 Å². The van der Waals surface area contributed by atoms with E-state index in [9.17, 15) is 9.18 Å². The topological polar surface area (TPSA) is 71.8 Å². The lowest BCUT2D eigenvalue weighted by Gasteiger charge is -2.19. The fourth-order valence-corrected chi connectivity index (χ4v) is 2.53. The van der Waals surface area contributed by atoms with Crippen molar-refractivity contribution in [3.8, 4) is 0 Å². The Morgan fingerprint density at radius 1 is 1.38 bits per heavy atom. The molecule has 2 rings (SSSR count). The van der Waals surface area contributed by atoms with Crippen LogP contribution in [0, 0.1) is 18.7 Å². The molecule has 130 valence electrons. The highest BCUT2D eigenvalue weighted by Crippen LogP contribution is 2.19. The highest BCUT2D eigenvalue weighted by atomic mass is 19.1. The lowest BCUT2D eigenvalue weighted by atomic mass is 10.0. The maximum absolute atomic E-state index is 13.5. The Hall–Kier alpha value is -2.28. The van der Waals surface area contributed by atoms with E-state index in [2.05, 4.69) is 34.6 Å². The molecule has 1 aromatic heterocycles. The fraction of sp³-hybridized carbons (Fsp3) is 0.471. The van der Waals surface area contributed by atoms with Crippen molar-refractivity contribution in [1.82, 2.24) is 20.1 Å². The van der Waals surface area contributed by atoms with Gasteiger partial charge in [-0.1, -0.05) is 19.9 Å². The number of carbonyl (C=O) groups excluding carboxylic acids is 1. The number of amides is 1. The number of carbonyl (C=O) groups is 1. The smallest absolute Gasteiger partial charge is 0.238 e. The van der Waals surface area contributed by atoms with Gasteiger partial charge in [0.2, 0.25) is 5.91 Å². The van der Waals surface area contributed by atoms with E-state index in [1.807, 2.05) is 7.05 Å². The second-order valence-electron chi connectivity index (χ2n) is 6.27. The van der Waals surface area contributed by atoms with E-state index in [0.29, 0.717) is 17.2 Å². The number of aryl methyl sites for hydroxylation is 1. The predicted octanol–water partition coefficient (Wildman–Crippen LogP) is 2.58. The molecule has 0 spiro atoms. The van der Waals surface area contributed by atoms with Crippen molar-refractivity contribution in [1.29, 1.82) is 0 Å². The fourth-order valence-electron chi connectivity index (χ4n) is 2.53. The molecular weight excluding hydrogens is 309 g/mol. The molecule has 1 heterocycles. The van der Waals surface area contributed by atoms with Gasteiger partial charge in [-0.15, -0.1) is 0 Å². The van der Waals surface area contributed by atoms with Gasteiger partial charge in [0.05, 0.1) is 12.6 Å². The lowest BCUT2D eigenvalue weighted by molar-refractivity contribution is -0.115. The second-order valence-corrected chi connectivity index (χ2v) is 6.27. The van der Waals surface area contributed by atoms with Gasteiger partial charge in [0.1, 0.15) is 18.0 Å². The first-order valence-corrected chi connectivity index (χ1v) is 8.00. The van der Waals surface area contributed by atoms with Crippen LogP contribution in [0.25, 0.3) is 0 Å². The molecule has 2 aromatic rings. The molecule has 6 nitrogen and oxygen atoms in total. The first kappa shape index (κ1) is 18.1. The van der Waals surface area contributed by atoms with E-state index in [1.54, 1.807) is 23.7 Å². The molecule has 0 unspecified atom stereocenters. The van der Waals surface area contributed by atoms with Crippen LogP contribution in [0.4, 0.5) is 10.1 Å². The molecule has 0 saturated heterocycles. The molecule has 1 amide bonds. The average molecular weight is 333 g/mol. The molecule has 0 bridgehead atoms. The summed E-state index contributed by atoms with van der Waals surface area (Å²) in [6, 6.07) is 4.56. The zero-order valence-electron chi connectivity index (χ0n) is 14.5. The van der Waals surface area contributed by atoms with Crippen LogP contribution in [0.2, 0.25) is 0 Å². The number of aromatic nitrogens is 3. The van der Waals surface area contributed by atoms with Crippen LogP contribution in [-0.2, 0) is 11.8 Å². The molecular formula is C17H24FN5O. The second kappa shape index (κ2) is 8.01. The summed E-state index contributed by atoms with van der Waals surface area (Å²) in [6.45, 7) is 5.97. The van der Waals surface area contributed by atoms with Crippen LogP contribution in [0.3, 0.4) is 0 Å². The number of halogens is 1. The van der Waals surface area contributed by atoms with Gasteiger partial charge < -0.3 is 5.32 Å². The van der Waals surface area contributed by atoms with E-state index in [4.69, 9.17) is 0 Å². The zero-order chi connectivity index (χ0) is 17.7. The van der Waals surface area contributed by atoms with Gasteiger partial charge in [-0.25, -0.2) is 9.37 Å². The van der Waals surface area contributed by atoms with Crippen LogP contribution >= 0.6 is 0 Å². The molecule has 7 heteroatoms. The van der Waals surface area contributed by atoms with Gasteiger partial charge >= 0.3 is 0 Å². The van der Waals surface area contributed by atoms with E-state index in [0.717, 1.165) is 12.2 Å². The number of hydrogen-bond donors (Lipinski definition) is 2. The van der Waals surface area contributed by atoms with E-state index in [1.165, 1.54) is 12.4 Å². The van der Waals surface area contributed by atoms with E-state index < -0.39 is 0 Å². The first-order chi connectivity index (χ1) is 11.4.